The summed E-state index contributed by atoms with van der Waals surface area (Å²) in [5, 5.41) is 19.5. The van der Waals surface area contributed by atoms with E-state index in [9.17, 15) is 10.1 Å². The van der Waals surface area contributed by atoms with Gasteiger partial charge in [-0.25, -0.2) is 0 Å². The van der Waals surface area contributed by atoms with Crippen LogP contribution in [0.4, 0.5) is 17.1 Å². The third-order valence-corrected chi connectivity index (χ3v) is 3.97. The number of hydrogen-bond acceptors (Lipinski definition) is 3. The minimum absolute atomic E-state index is 0.0709. The summed E-state index contributed by atoms with van der Waals surface area (Å²) in [6.45, 7) is 0. The second kappa shape index (κ2) is 6.82. The van der Waals surface area contributed by atoms with Crippen LogP contribution in [0.3, 0.4) is 0 Å². The molecule has 24 heavy (non-hydrogen) atoms. The molecule has 3 rings (SSSR count). The van der Waals surface area contributed by atoms with Gasteiger partial charge in [-0.15, -0.1) is 0 Å². The van der Waals surface area contributed by atoms with E-state index >= 15 is 0 Å². The Morgan fingerprint density at radius 2 is 1.71 bits per heavy atom. The number of hydrogen-bond donors (Lipinski definition) is 2. The van der Waals surface area contributed by atoms with E-state index in [1.165, 1.54) is 18.2 Å². The summed E-state index contributed by atoms with van der Waals surface area (Å²) < 4.78 is 0. The summed E-state index contributed by atoms with van der Waals surface area (Å²) in [6.07, 6.45) is 0. The van der Waals surface area contributed by atoms with Crippen LogP contribution in [0.1, 0.15) is 0 Å². The molecule has 0 aliphatic rings. The predicted molar refractivity (Wildman–Crippen MR) is 102 cm³/mol. The van der Waals surface area contributed by atoms with Crippen molar-refractivity contribution in [3.63, 3.8) is 0 Å². The zero-order chi connectivity index (χ0) is 17.1. The van der Waals surface area contributed by atoms with Crippen LogP contribution < -0.4 is 10.6 Å². The Labute approximate surface area is 148 Å². The summed E-state index contributed by atoms with van der Waals surface area (Å²) in [6, 6.07) is 18.0. The van der Waals surface area contributed by atoms with Crippen molar-refractivity contribution in [2.24, 2.45) is 0 Å². The van der Waals surface area contributed by atoms with Crippen LogP contribution in [-0.2, 0) is 0 Å². The number of nitrogens with zero attached hydrogens (tertiary/aromatic N) is 1. The molecule has 0 aliphatic heterocycles. The first-order valence-corrected chi connectivity index (χ1v) is 7.83. The van der Waals surface area contributed by atoms with Crippen LogP contribution >= 0.6 is 23.8 Å². The Balaban J connectivity index is 1.79. The fourth-order valence-corrected chi connectivity index (χ4v) is 2.77. The smallest absolute Gasteiger partial charge is 0.271 e. The molecule has 0 saturated heterocycles. The van der Waals surface area contributed by atoms with Gasteiger partial charge in [0.15, 0.2) is 5.11 Å². The fraction of sp³-hybridized carbons (Fsp3) is 0. The number of rotatable bonds is 3. The minimum Gasteiger partial charge on any atom is -0.332 e. The third-order valence-electron chi connectivity index (χ3n) is 3.45. The molecule has 120 valence electrons. The molecular formula is C17H12ClN3O2S. The Morgan fingerprint density at radius 1 is 1.00 bits per heavy atom. The fourth-order valence-electron chi connectivity index (χ4n) is 2.33. The van der Waals surface area contributed by atoms with Crippen LogP contribution in [0.5, 0.6) is 0 Å². The van der Waals surface area contributed by atoms with Crippen molar-refractivity contribution in [2.75, 3.05) is 10.6 Å². The molecule has 0 radical (unpaired) electrons. The number of anilines is 2. The molecule has 3 aromatic carbocycles. The van der Waals surface area contributed by atoms with Crippen molar-refractivity contribution < 1.29 is 4.92 Å². The molecule has 2 N–H and O–H groups in total. The molecule has 0 aromatic heterocycles. The van der Waals surface area contributed by atoms with Crippen molar-refractivity contribution in [2.45, 2.75) is 0 Å². The van der Waals surface area contributed by atoms with E-state index in [4.69, 9.17) is 23.8 Å². The van der Waals surface area contributed by atoms with Crippen LogP contribution in [0, 0.1) is 10.1 Å². The molecule has 0 bridgehead atoms. The maximum absolute atomic E-state index is 10.7. The van der Waals surface area contributed by atoms with Gasteiger partial charge in [-0.1, -0.05) is 48.0 Å². The number of thiocarbonyl (C=S) groups is 1. The standard InChI is InChI=1S/C17H12ClN3O2S/c18-14-10-12(21(22)23)8-9-16(14)20-17(24)19-15-7-3-5-11-4-1-2-6-13(11)15/h1-10H,(H2,19,20,24). The molecule has 7 heteroatoms. The minimum atomic E-state index is -0.498. The summed E-state index contributed by atoms with van der Waals surface area (Å²) >= 11 is 11.4. The van der Waals surface area contributed by atoms with Crippen LogP contribution in [0.2, 0.25) is 5.02 Å². The highest BCUT2D eigenvalue weighted by molar-refractivity contribution is 7.80. The zero-order valence-electron chi connectivity index (χ0n) is 12.3. The van der Waals surface area contributed by atoms with E-state index in [1.54, 1.807) is 0 Å². The van der Waals surface area contributed by atoms with Gasteiger partial charge < -0.3 is 10.6 Å². The van der Waals surface area contributed by atoms with Crippen molar-refractivity contribution in [1.29, 1.82) is 0 Å². The first-order valence-electron chi connectivity index (χ1n) is 7.04. The Bertz CT molecular complexity index is 941. The maximum atomic E-state index is 10.7. The Hall–Kier alpha value is -2.70. The first-order chi connectivity index (χ1) is 11.5. The van der Waals surface area contributed by atoms with Gasteiger partial charge >= 0.3 is 0 Å². The van der Waals surface area contributed by atoms with E-state index < -0.39 is 4.92 Å². The van der Waals surface area contributed by atoms with Gasteiger partial charge in [-0.2, -0.15) is 0 Å². The second-order valence-electron chi connectivity index (χ2n) is 5.03. The van der Waals surface area contributed by atoms with Crippen molar-refractivity contribution in [3.05, 3.63) is 75.8 Å². The number of nitro benzene ring substituents is 1. The normalized spacial score (nSPS) is 10.4. The lowest BCUT2D eigenvalue weighted by Crippen LogP contribution is -2.19. The van der Waals surface area contributed by atoms with Crippen molar-refractivity contribution in [1.82, 2.24) is 0 Å². The number of benzene rings is 3. The highest BCUT2D eigenvalue weighted by Crippen LogP contribution is 2.27. The lowest BCUT2D eigenvalue weighted by Gasteiger charge is -2.13. The number of nitro groups is 1. The molecule has 3 aromatic rings. The van der Waals surface area contributed by atoms with Crippen LogP contribution in [-0.4, -0.2) is 10.0 Å². The molecule has 0 saturated carbocycles. The quantitative estimate of drug-likeness (QED) is 0.382. The molecule has 0 unspecified atom stereocenters. The van der Waals surface area contributed by atoms with Gasteiger partial charge in [0, 0.05) is 23.2 Å². The average molecular weight is 358 g/mol. The largest absolute Gasteiger partial charge is 0.332 e. The molecule has 0 aliphatic carbocycles. The Kier molecular flexibility index (Phi) is 4.59. The molecule has 5 nitrogen and oxygen atoms in total. The van der Waals surface area contributed by atoms with E-state index in [2.05, 4.69) is 10.6 Å². The lowest BCUT2D eigenvalue weighted by molar-refractivity contribution is -0.384. The number of nitrogens with one attached hydrogen (secondary N) is 2. The summed E-state index contributed by atoms with van der Waals surface area (Å²) in [5.41, 5.74) is 1.29. The predicted octanol–water partition coefficient (Wildman–Crippen LogP) is 5.21. The summed E-state index contributed by atoms with van der Waals surface area (Å²) in [7, 11) is 0. The van der Waals surface area contributed by atoms with E-state index in [1.807, 2.05) is 42.5 Å². The lowest BCUT2D eigenvalue weighted by atomic mass is 10.1. The molecule has 0 heterocycles. The average Bonchev–Trinajstić information content (AvgIpc) is 2.57. The van der Waals surface area contributed by atoms with Crippen LogP contribution in [0.25, 0.3) is 10.8 Å². The number of non-ortho nitro benzene ring substituents is 1. The molecule has 0 fully saturated rings. The zero-order valence-corrected chi connectivity index (χ0v) is 13.9. The highest BCUT2D eigenvalue weighted by Gasteiger charge is 2.10. The van der Waals surface area contributed by atoms with Gasteiger partial charge in [0.1, 0.15) is 0 Å². The van der Waals surface area contributed by atoms with Gasteiger partial charge in [-0.05, 0) is 29.7 Å². The number of halogens is 1. The van der Waals surface area contributed by atoms with E-state index in [0.29, 0.717) is 10.8 Å². The second-order valence-corrected chi connectivity index (χ2v) is 5.84. The topological polar surface area (TPSA) is 67.2 Å². The van der Waals surface area contributed by atoms with Gasteiger partial charge in [0.05, 0.1) is 15.6 Å². The summed E-state index contributed by atoms with van der Waals surface area (Å²) in [5.74, 6) is 0. The monoisotopic (exact) mass is 357 g/mol. The van der Waals surface area contributed by atoms with Gasteiger partial charge in [-0.3, -0.25) is 10.1 Å². The van der Waals surface area contributed by atoms with Crippen molar-refractivity contribution >= 4 is 56.8 Å². The SMILES string of the molecule is O=[N+]([O-])c1ccc(NC(=S)Nc2cccc3ccccc23)c(Cl)c1. The van der Waals surface area contributed by atoms with Crippen molar-refractivity contribution in [3.8, 4) is 0 Å². The van der Waals surface area contributed by atoms with E-state index in [-0.39, 0.29) is 10.7 Å². The molecule has 0 amide bonds. The molecule has 0 spiro atoms. The maximum Gasteiger partial charge on any atom is 0.271 e. The van der Waals surface area contributed by atoms with E-state index in [0.717, 1.165) is 16.5 Å². The van der Waals surface area contributed by atoms with Gasteiger partial charge in [0.2, 0.25) is 0 Å². The molecular weight excluding hydrogens is 346 g/mol. The third kappa shape index (κ3) is 3.45. The molecule has 0 atom stereocenters. The Morgan fingerprint density at radius 3 is 2.46 bits per heavy atom. The van der Waals surface area contributed by atoms with Gasteiger partial charge in [0.25, 0.3) is 5.69 Å². The number of fused-ring (bicyclic) bond motifs is 1. The summed E-state index contributed by atoms with van der Waals surface area (Å²) in [4.78, 5) is 10.2. The highest BCUT2D eigenvalue weighted by atomic mass is 35.5. The van der Waals surface area contributed by atoms with Crippen LogP contribution in [0.15, 0.2) is 60.7 Å². The first kappa shape index (κ1) is 16.2.